The Labute approximate surface area is 200 Å². The smallest absolute Gasteiger partial charge is 0.261 e. The first-order valence-electron chi connectivity index (χ1n) is 10.8. The minimum atomic E-state index is -0.312. The quantitative estimate of drug-likeness (QED) is 0.208. The SMILES string of the molecule is CSc1ccc(-c2ccc3c(N=O)c(O)n(CCCN4C(=O)c5ccccc5C4=O)c3c2)cc1. The van der Waals surface area contributed by atoms with E-state index in [-0.39, 0.29) is 29.9 Å². The molecule has 0 radical (unpaired) electrons. The van der Waals surface area contributed by atoms with Gasteiger partial charge in [0, 0.05) is 23.4 Å². The average Bonchev–Trinajstić information content (AvgIpc) is 3.28. The van der Waals surface area contributed by atoms with Gasteiger partial charge >= 0.3 is 0 Å². The molecule has 5 rings (SSSR count). The van der Waals surface area contributed by atoms with Crippen molar-refractivity contribution in [2.45, 2.75) is 17.9 Å². The normalized spacial score (nSPS) is 13.0. The minimum absolute atomic E-state index is 0.0139. The molecule has 0 fully saturated rings. The molecule has 0 saturated carbocycles. The second kappa shape index (κ2) is 8.79. The van der Waals surface area contributed by atoms with E-state index in [1.54, 1.807) is 46.7 Å². The molecule has 0 unspecified atom stereocenters. The van der Waals surface area contributed by atoms with Crippen molar-refractivity contribution in [3.8, 4) is 17.0 Å². The Kier molecular flexibility index (Phi) is 5.67. The highest BCUT2D eigenvalue weighted by Crippen LogP contribution is 2.40. The van der Waals surface area contributed by atoms with E-state index in [1.807, 2.05) is 42.7 Å². The summed E-state index contributed by atoms with van der Waals surface area (Å²) < 4.78 is 1.62. The van der Waals surface area contributed by atoms with Gasteiger partial charge in [-0.3, -0.25) is 14.5 Å². The summed E-state index contributed by atoms with van der Waals surface area (Å²) in [4.78, 5) is 39.1. The van der Waals surface area contributed by atoms with Gasteiger partial charge < -0.3 is 9.67 Å². The fraction of sp³-hybridized carbons (Fsp3) is 0.154. The number of aryl methyl sites for hydroxylation is 1. The van der Waals surface area contributed by atoms with Crippen molar-refractivity contribution in [1.29, 1.82) is 0 Å². The van der Waals surface area contributed by atoms with E-state index in [1.165, 1.54) is 4.90 Å². The molecule has 0 saturated heterocycles. The minimum Gasteiger partial charge on any atom is -0.493 e. The number of thioether (sulfide) groups is 1. The zero-order chi connectivity index (χ0) is 23.8. The Morgan fingerprint density at radius 1 is 0.882 bits per heavy atom. The molecule has 0 bridgehead atoms. The van der Waals surface area contributed by atoms with Gasteiger partial charge in [0.2, 0.25) is 5.88 Å². The summed E-state index contributed by atoms with van der Waals surface area (Å²) >= 11 is 1.67. The summed E-state index contributed by atoms with van der Waals surface area (Å²) in [5.74, 6) is -0.843. The van der Waals surface area contributed by atoms with Gasteiger partial charge in [0.15, 0.2) is 5.69 Å². The fourth-order valence-electron chi connectivity index (χ4n) is 4.43. The van der Waals surface area contributed by atoms with E-state index in [9.17, 15) is 19.6 Å². The van der Waals surface area contributed by atoms with E-state index in [2.05, 4.69) is 5.18 Å². The van der Waals surface area contributed by atoms with Gasteiger partial charge in [0.25, 0.3) is 11.8 Å². The Bertz CT molecular complexity index is 1410. The molecule has 2 heterocycles. The highest BCUT2D eigenvalue weighted by Gasteiger charge is 2.34. The first kappa shape index (κ1) is 21.9. The van der Waals surface area contributed by atoms with Gasteiger partial charge in [-0.1, -0.05) is 30.3 Å². The van der Waals surface area contributed by atoms with Crippen LogP contribution in [-0.2, 0) is 6.54 Å². The third-order valence-electron chi connectivity index (χ3n) is 6.17. The molecule has 1 aliphatic heterocycles. The molecule has 0 spiro atoms. The highest BCUT2D eigenvalue weighted by atomic mass is 32.2. The van der Waals surface area contributed by atoms with Crippen molar-refractivity contribution in [2.24, 2.45) is 5.18 Å². The Morgan fingerprint density at radius 3 is 2.15 bits per heavy atom. The number of imide groups is 1. The lowest BCUT2D eigenvalue weighted by molar-refractivity contribution is 0.0651. The number of nitrogens with zero attached hydrogens (tertiary/aromatic N) is 3. The number of rotatable bonds is 7. The zero-order valence-corrected chi connectivity index (χ0v) is 19.2. The monoisotopic (exact) mass is 471 g/mol. The summed E-state index contributed by atoms with van der Waals surface area (Å²) in [6.07, 6.45) is 2.43. The first-order chi connectivity index (χ1) is 16.5. The molecule has 34 heavy (non-hydrogen) atoms. The maximum absolute atomic E-state index is 12.6. The lowest BCUT2D eigenvalue weighted by atomic mass is 10.0. The molecular formula is C26H21N3O4S. The summed E-state index contributed by atoms with van der Waals surface area (Å²) in [6, 6.07) is 20.5. The standard InChI is InChI=1S/C26H21N3O4S/c1-34-18-10-7-16(8-11-18)17-9-12-21-22(15-17)28(26(32)23(21)27-33)13-4-14-29-24(30)19-5-2-3-6-20(19)25(29)31/h2-3,5-12,15,32H,4,13-14H2,1H3. The van der Waals surface area contributed by atoms with Gasteiger partial charge in [-0.2, -0.15) is 0 Å². The number of hydrogen-bond acceptors (Lipinski definition) is 6. The van der Waals surface area contributed by atoms with E-state index in [0.717, 1.165) is 16.0 Å². The van der Waals surface area contributed by atoms with Crippen molar-refractivity contribution in [3.05, 3.63) is 82.8 Å². The van der Waals surface area contributed by atoms with Crippen LogP contribution in [0.15, 0.2) is 76.8 Å². The molecule has 170 valence electrons. The predicted molar refractivity (Wildman–Crippen MR) is 133 cm³/mol. The highest BCUT2D eigenvalue weighted by molar-refractivity contribution is 7.98. The van der Waals surface area contributed by atoms with Gasteiger partial charge in [-0.05, 0) is 65.4 Å². The maximum atomic E-state index is 12.6. The van der Waals surface area contributed by atoms with Crippen LogP contribution in [0.3, 0.4) is 0 Å². The fourth-order valence-corrected chi connectivity index (χ4v) is 4.83. The Hall–Kier alpha value is -3.91. The van der Waals surface area contributed by atoms with Crippen LogP contribution >= 0.6 is 11.8 Å². The number of carbonyl (C=O) groups is 2. The zero-order valence-electron chi connectivity index (χ0n) is 18.4. The lowest BCUT2D eigenvalue weighted by Gasteiger charge is -2.15. The topological polar surface area (TPSA) is 92.0 Å². The number of aromatic hydroxyl groups is 1. The van der Waals surface area contributed by atoms with Crippen LogP contribution < -0.4 is 0 Å². The predicted octanol–water partition coefficient (Wildman–Crippen LogP) is 5.82. The number of aromatic nitrogens is 1. The molecule has 4 aromatic rings. The van der Waals surface area contributed by atoms with E-state index in [0.29, 0.717) is 35.0 Å². The summed E-state index contributed by atoms with van der Waals surface area (Å²) in [6.45, 7) is 0.505. The van der Waals surface area contributed by atoms with Gasteiger partial charge in [-0.15, -0.1) is 16.7 Å². The van der Waals surface area contributed by atoms with Crippen molar-refractivity contribution in [2.75, 3.05) is 12.8 Å². The van der Waals surface area contributed by atoms with Crippen molar-refractivity contribution < 1.29 is 14.7 Å². The first-order valence-corrected chi connectivity index (χ1v) is 12.0. The molecule has 7 nitrogen and oxygen atoms in total. The van der Waals surface area contributed by atoms with E-state index >= 15 is 0 Å². The molecule has 8 heteroatoms. The van der Waals surface area contributed by atoms with Crippen LogP contribution in [0.5, 0.6) is 5.88 Å². The Balaban J connectivity index is 1.42. The number of hydrogen-bond donors (Lipinski definition) is 1. The molecule has 1 N–H and O–H groups in total. The van der Waals surface area contributed by atoms with Crippen LogP contribution in [-0.4, -0.2) is 39.2 Å². The van der Waals surface area contributed by atoms with Crippen molar-refractivity contribution >= 4 is 40.2 Å². The van der Waals surface area contributed by atoms with Crippen LogP contribution in [0.1, 0.15) is 27.1 Å². The van der Waals surface area contributed by atoms with Gasteiger partial charge in [0.1, 0.15) is 0 Å². The molecule has 1 aromatic heterocycles. The summed E-state index contributed by atoms with van der Waals surface area (Å²) in [5.41, 5.74) is 3.42. The van der Waals surface area contributed by atoms with Gasteiger partial charge in [0.05, 0.1) is 16.6 Å². The van der Waals surface area contributed by atoms with Crippen LogP contribution in [0, 0.1) is 4.91 Å². The molecule has 0 atom stereocenters. The molecule has 3 aromatic carbocycles. The van der Waals surface area contributed by atoms with E-state index in [4.69, 9.17) is 0 Å². The van der Waals surface area contributed by atoms with Crippen molar-refractivity contribution in [1.82, 2.24) is 9.47 Å². The second-order valence-electron chi connectivity index (χ2n) is 8.04. The third kappa shape index (κ3) is 3.56. The molecule has 0 aliphatic carbocycles. The number of nitroso groups, excluding NO2 is 1. The summed E-state index contributed by atoms with van der Waals surface area (Å²) in [5, 5.41) is 14.3. The summed E-state index contributed by atoms with van der Waals surface area (Å²) in [7, 11) is 0. The van der Waals surface area contributed by atoms with Crippen LogP contribution in [0.25, 0.3) is 22.0 Å². The molecule has 1 aliphatic rings. The number of carbonyl (C=O) groups excluding carboxylic acids is 2. The molecule has 2 amide bonds. The van der Waals surface area contributed by atoms with Crippen LogP contribution in [0.2, 0.25) is 0 Å². The largest absolute Gasteiger partial charge is 0.493 e. The number of benzene rings is 3. The number of amides is 2. The van der Waals surface area contributed by atoms with Crippen LogP contribution in [0.4, 0.5) is 5.69 Å². The second-order valence-corrected chi connectivity index (χ2v) is 8.92. The van der Waals surface area contributed by atoms with Crippen molar-refractivity contribution in [3.63, 3.8) is 0 Å². The molecular weight excluding hydrogens is 450 g/mol. The number of fused-ring (bicyclic) bond motifs is 2. The maximum Gasteiger partial charge on any atom is 0.261 e. The lowest BCUT2D eigenvalue weighted by Crippen LogP contribution is -2.31. The average molecular weight is 472 g/mol. The Morgan fingerprint density at radius 2 is 1.53 bits per heavy atom. The third-order valence-corrected chi connectivity index (χ3v) is 6.91. The van der Waals surface area contributed by atoms with Gasteiger partial charge in [-0.25, -0.2) is 0 Å². The van der Waals surface area contributed by atoms with E-state index < -0.39 is 0 Å².